The molecule has 23 heavy (non-hydrogen) atoms. The number of rotatable bonds is 5. The summed E-state index contributed by atoms with van der Waals surface area (Å²) < 4.78 is 4.98. The van der Waals surface area contributed by atoms with E-state index in [1.807, 2.05) is 0 Å². The third-order valence-electron chi connectivity index (χ3n) is 3.72. The highest BCUT2D eigenvalue weighted by atomic mass is 32.1. The lowest BCUT2D eigenvalue weighted by atomic mass is 10.2. The van der Waals surface area contributed by atoms with E-state index < -0.39 is 5.97 Å². The van der Waals surface area contributed by atoms with Crippen LogP contribution in [0.5, 0.6) is 0 Å². The number of likely N-dealkylation sites (tertiary alicyclic amines) is 1. The van der Waals surface area contributed by atoms with Gasteiger partial charge in [0, 0.05) is 30.2 Å². The number of ketones is 1. The first-order valence-corrected chi connectivity index (χ1v) is 8.29. The Bertz CT molecular complexity index is 714. The van der Waals surface area contributed by atoms with Crippen molar-refractivity contribution in [3.63, 3.8) is 0 Å². The third-order valence-corrected chi connectivity index (χ3v) is 4.40. The third kappa shape index (κ3) is 3.50. The number of hydrogen-bond donors (Lipinski definition) is 1. The second-order valence-corrected chi connectivity index (χ2v) is 6.09. The number of H-pyrrole nitrogens is 1. The number of thiophene rings is 1. The van der Waals surface area contributed by atoms with Gasteiger partial charge in [0.25, 0.3) is 5.91 Å². The fourth-order valence-corrected chi connectivity index (χ4v) is 3.07. The number of amides is 1. The molecule has 0 atom stereocenters. The van der Waals surface area contributed by atoms with Crippen LogP contribution in [-0.2, 0) is 4.74 Å². The van der Waals surface area contributed by atoms with Crippen molar-refractivity contribution in [1.82, 2.24) is 9.88 Å². The molecule has 1 fully saturated rings. The van der Waals surface area contributed by atoms with E-state index in [9.17, 15) is 14.4 Å². The molecule has 0 spiro atoms. The summed E-state index contributed by atoms with van der Waals surface area (Å²) in [6.45, 7) is 1.16. The van der Waals surface area contributed by atoms with E-state index in [0.717, 1.165) is 25.9 Å². The lowest BCUT2D eigenvalue weighted by Gasteiger charge is -2.13. The van der Waals surface area contributed by atoms with Gasteiger partial charge in [-0.3, -0.25) is 9.59 Å². The highest BCUT2D eigenvalue weighted by molar-refractivity contribution is 7.08. The SMILES string of the molecule is O=C(COC(=O)c1ccsc1)c1c[nH]c(C(=O)N2CCCC2)c1. The minimum absolute atomic E-state index is 0.100. The zero-order valence-corrected chi connectivity index (χ0v) is 13.2. The first-order valence-electron chi connectivity index (χ1n) is 7.35. The summed E-state index contributed by atoms with van der Waals surface area (Å²) in [5.74, 6) is -0.967. The van der Waals surface area contributed by atoms with Crippen LogP contribution in [0.3, 0.4) is 0 Å². The molecule has 0 saturated carbocycles. The maximum Gasteiger partial charge on any atom is 0.339 e. The number of esters is 1. The largest absolute Gasteiger partial charge is 0.454 e. The topological polar surface area (TPSA) is 79.5 Å². The number of ether oxygens (including phenoxy) is 1. The average molecular weight is 332 g/mol. The van der Waals surface area contributed by atoms with E-state index in [4.69, 9.17) is 4.74 Å². The summed E-state index contributed by atoms with van der Waals surface area (Å²) in [5.41, 5.74) is 1.16. The number of aromatic amines is 1. The van der Waals surface area contributed by atoms with Gasteiger partial charge >= 0.3 is 5.97 Å². The summed E-state index contributed by atoms with van der Waals surface area (Å²) in [6.07, 6.45) is 3.50. The van der Waals surface area contributed by atoms with Crippen molar-refractivity contribution in [2.45, 2.75) is 12.8 Å². The minimum Gasteiger partial charge on any atom is -0.454 e. The van der Waals surface area contributed by atoms with Crippen LogP contribution in [0.4, 0.5) is 0 Å². The minimum atomic E-state index is -0.525. The van der Waals surface area contributed by atoms with Gasteiger partial charge in [0.1, 0.15) is 5.69 Å². The molecule has 1 aliphatic rings. The van der Waals surface area contributed by atoms with E-state index in [2.05, 4.69) is 4.98 Å². The second-order valence-electron chi connectivity index (χ2n) is 5.31. The molecule has 7 heteroatoms. The quantitative estimate of drug-likeness (QED) is 0.673. The van der Waals surface area contributed by atoms with E-state index in [0.29, 0.717) is 16.8 Å². The predicted molar refractivity (Wildman–Crippen MR) is 84.9 cm³/mol. The van der Waals surface area contributed by atoms with Crippen LogP contribution in [0.1, 0.15) is 44.0 Å². The Morgan fingerprint density at radius 3 is 2.70 bits per heavy atom. The molecule has 2 aromatic heterocycles. The van der Waals surface area contributed by atoms with Crippen molar-refractivity contribution in [2.24, 2.45) is 0 Å². The molecular weight excluding hydrogens is 316 g/mol. The number of nitrogens with zero attached hydrogens (tertiary/aromatic N) is 1. The Labute approximate surface area is 137 Å². The fraction of sp³-hybridized carbons (Fsp3) is 0.312. The molecule has 0 radical (unpaired) electrons. The Kier molecular flexibility index (Phi) is 4.57. The standard InChI is InChI=1S/C16H16N2O4S/c19-14(9-22-16(21)11-3-6-23-10-11)12-7-13(17-8-12)15(20)18-4-1-2-5-18/h3,6-8,10,17H,1-2,4-5,9H2. The molecule has 1 N–H and O–H groups in total. The van der Waals surface area contributed by atoms with Crippen molar-refractivity contribution in [2.75, 3.05) is 19.7 Å². The normalized spacial score (nSPS) is 14.0. The average Bonchev–Trinajstić information content (AvgIpc) is 3.33. The zero-order chi connectivity index (χ0) is 16.2. The molecule has 0 aliphatic carbocycles. The molecule has 1 saturated heterocycles. The molecule has 0 bridgehead atoms. The number of carbonyl (C=O) groups excluding carboxylic acids is 3. The van der Waals surface area contributed by atoms with Crippen molar-refractivity contribution in [1.29, 1.82) is 0 Å². The second kappa shape index (κ2) is 6.78. The van der Waals surface area contributed by atoms with Crippen LogP contribution in [0.25, 0.3) is 0 Å². The highest BCUT2D eigenvalue weighted by Crippen LogP contribution is 2.14. The van der Waals surface area contributed by atoms with Crippen molar-refractivity contribution >= 4 is 29.0 Å². The molecule has 2 aromatic rings. The smallest absolute Gasteiger partial charge is 0.339 e. The van der Waals surface area contributed by atoms with Crippen LogP contribution in [0.2, 0.25) is 0 Å². The monoisotopic (exact) mass is 332 g/mol. The number of hydrogen-bond acceptors (Lipinski definition) is 5. The molecule has 120 valence electrons. The Balaban J connectivity index is 1.58. The van der Waals surface area contributed by atoms with Gasteiger partial charge in [-0.1, -0.05) is 0 Å². The van der Waals surface area contributed by atoms with E-state index in [1.165, 1.54) is 23.6 Å². The maximum absolute atomic E-state index is 12.2. The van der Waals surface area contributed by atoms with Gasteiger partial charge in [0.05, 0.1) is 5.56 Å². The summed E-state index contributed by atoms with van der Waals surface area (Å²) in [5, 5.41) is 3.43. The van der Waals surface area contributed by atoms with Crippen LogP contribution in [0, 0.1) is 0 Å². The number of nitrogens with one attached hydrogen (secondary N) is 1. The number of aromatic nitrogens is 1. The molecule has 3 heterocycles. The summed E-state index contributed by atoms with van der Waals surface area (Å²) in [4.78, 5) is 40.5. The van der Waals surface area contributed by atoms with Crippen LogP contribution < -0.4 is 0 Å². The molecule has 1 aliphatic heterocycles. The Hall–Kier alpha value is -2.41. The molecular formula is C16H16N2O4S. The van der Waals surface area contributed by atoms with Crippen molar-refractivity contribution < 1.29 is 19.1 Å². The number of Topliss-reactive ketones (excluding diaryl/α,β-unsaturated/α-hetero) is 1. The zero-order valence-electron chi connectivity index (χ0n) is 12.4. The van der Waals surface area contributed by atoms with Crippen molar-refractivity contribution in [3.05, 3.63) is 45.9 Å². The summed E-state index contributed by atoms with van der Waals surface area (Å²) in [7, 11) is 0. The lowest BCUT2D eigenvalue weighted by molar-refractivity contribution is 0.0475. The lowest BCUT2D eigenvalue weighted by Crippen LogP contribution is -2.27. The first-order chi connectivity index (χ1) is 11.1. The van der Waals surface area contributed by atoms with Gasteiger partial charge < -0.3 is 14.6 Å². The predicted octanol–water partition coefficient (Wildman–Crippen LogP) is 2.35. The highest BCUT2D eigenvalue weighted by Gasteiger charge is 2.22. The summed E-state index contributed by atoms with van der Waals surface area (Å²) in [6, 6.07) is 3.15. The number of carbonyl (C=O) groups is 3. The van der Waals surface area contributed by atoms with E-state index in [1.54, 1.807) is 21.7 Å². The Morgan fingerprint density at radius 2 is 2.00 bits per heavy atom. The van der Waals surface area contributed by atoms with Crippen molar-refractivity contribution in [3.8, 4) is 0 Å². The van der Waals surface area contributed by atoms with Crippen LogP contribution in [-0.4, -0.2) is 47.2 Å². The molecule has 1 amide bonds. The van der Waals surface area contributed by atoms with Crippen LogP contribution in [0.15, 0.2) is 29.1 Å². The van der Waals surface area contributed by atoms with Gasteiger partial charge in [-0.15, -0.1) is 0 Å². The van der Waals surface area contributed by atoms with Gasteiger partial charge in [-0.2, -0.15) is 11.3 Å². The van der Waals surface area contributed by atoms with E-state index in [-0.39, 0.29) is 18.3 Å². The molecule has 6 nitrogen and oxygen atoms in total. The summed E-state index contributed by atoms with van der Waals surface area (Å²) >= 11 is 1.38. The fourth-order valence-electron chi connectivity index (χ4n) is 2.45. The van der Waals surface area contributed by atoms with Gasteiger partial charge in [-0.05, 0) is 30.4 Å². The van der Waals surface area contributed by atoms with Gasteiger partial charge in [0.15, 0.2) is 6.61 Å². The molecule has 0 unspecified atom stereocenters. The molecule has 0 aromatic carbocycles. The molecule has 3 rings (SSSR count). The van der Waals surface area contributed by atoms with Gasteiger partial charge in [0.2, 0.25) is 5.78 Å². The van der Waals surface area contributed by atoms with Gasteiger partial charge in [-0.25, -0.2) is 4.79 Å². The maximum atomic E-state index is 12.2. The Morgan fingerprint density at radius 1 is 1.22 bits per heavy atom. The van der Waals surface area contributed by atoms with E-state index >= 15 is 0 Å². The van der Waals surface area contributed by atoms with Crippen LogP contribution >= 0.6 is 11.3 Å². The first kappa shape index (κ1) is 15.5.